The van der Waals surface area contributed by atoms with Gasteiger partial charge in [-0.3, -0.25) is 0 Å². The number of hydrogen-bond donors (Lipinski definition) is 1. The lowest BCUT2D eigenvalue weighted by molar-refractivity contribution is -0.132. The van der Waals surface area contributed by atoms with Crippen molar-refractivity contribution in [3.8, 4) is 0 Å². The molecule has 0 amide bonds. The maximum atomic E-state index is 10.7. The lowest BCUT2D eigenvalue weighted by atomic mass is 9.68. The Morgan fingerprint density at radius 1 is 0.839 bits per heavy atom. The second kappa shape index (κ2) is 11.0. The van der Waals surface area contributed by atoms with E-state index in [2.05, 4.69) is 48.6 Å². The summed E-state index contributed by atoms with van der Waals surface area (Å²) in [7, 11) is 2.02. The third-order valence-corrected chi connectivity index (χ3v) is 6.37. The van der Waals surface area contributed by atoms with Gasteiger partial charge in [-0.25, -0.2) is 0 Å². The van der Waals surface area contributed by atoms with E-state index in [0.717, 1.165) is 32.3 Å². The van der Waals surface area contributed by atoms with Crippen molar-refractivity contribution in [1.82, 2.24) is 5.32 Å². The van der Waals surface area contributed by atoms with Gasteiger partial charge in [0.15, 0.2) is 0 Å². The predicted molar refractivity (Wildman–Crippen MR) is 125 cm³/mol. The maximum Gasteiger partial charge on any atom is 0.126 e. The Kier molecular flexibility index (Phi) is 8.42. The molecular weight excluding hydrogens is 386 g/mol. The van der Waals surface area contributed by atoms with E-state index in [1.54, 1.807) is 0 Å². The van der Waals surface area contributed by atoms with Crippen LogP contribution in [0.1, 0.15) is 50.7 Å². The number of nitrogens with one attached hydrogen (secondary N) is 1. The predicted octanol–water partition coefficient (Wildman–Crippen LogP) is 5.16. The van der Waals surface area contributed by atoms with E-state index in [-0.39, 0.29) is 11.5 Å². The molecule has 0 atom stereocenters. The van der Waals surface area contributed by atoms with E-state index in [4.69, 9.17) is 9.47 Å². The lowest BCUT2D eigenvalue weighted by Crippen LogP contribution is -2.45. The van der Waals surface area contributed by atoms with Crippen LogP contribution in [0.25, 0.3) is 0 Å². The first-order chi connectivity index (χ1) is 14.9. The normalized spacial score (nSPS) is 29.1. The summed E-state index contributed by atoms with van der Waals surface area (Å²) in [5.74, 6) is 0. The Balaban J connectivity index is 0.000000176. The number of ether oxygens (including phenoxy) is 2. The summed E-state index contributed by atoms with van der Waals surface area (Å²) in [6.45, 7) is 6.81. The fourth-order valence-corrected chi connectivity index (χ4v) is 4.50. The number of benzene rings is 2. The van der Waals surface area contributed by atoms with Crippen molar-refractivity contribution in [3.63, 3.8) is 0 Å². The van der Waals surface area contributed by atoms with Crippen LogP contribution in [0.15, 0.2) is 60.7 Å². The highest BCUT2D eigenvalue weighted by atomic mass is 16.5. The van der Waals surface area contributed by atoms with E-state index in [9.17, 15) is 4.79 Å². The smallest absolute Gasteiger partial charge is 0.126 e. The molecule has 0 aromatic heterocycles. The zero-order valence-corrected chi connectivity index (χ0v) is 19.2. The summed E-state index contributed by atoms with van der Waals surface area (Å²) in [6, 6.07) is 20.5. The summed E-state index contributed by atoms with van der Waals surface area (Å²) >= 11 is 0. The minimum absolute atomic E-state index is 0.124. The van der Waals surface area contributed by atoms with Crippen molar-refractivity contribution in [1.29, 1.82) is 0 Å². The van der Waals surface area contributed by atoms with Crippen LogP contribution in [-0.4, -0.2) is 32.1 Å². The van der Waals surface area contributed by atoms with Crippen LogP contribution < -0.4 is 5.32 Å². The summed E-state index contributed by atoms with van der Waals surface area (Å²) in [5.41, 5.74) is 2.79. The van der Waals surface area contributed by atoms with E-state index < -0.39 is 0 Å². The number of carbonyl (C=O) groups is 1. The summed E-state index contributed by atoms with van der Waals surface area (Å²) in [4.78, 5) is 10.7. The number of carbonyl (C=O) groups excluding carboxylic acids is 1. The summed E-state index contributed by atoms with van der Waals surface area (Å²) < 4.78 is 11.6. The van der Waals surface area contributed by atoms with E-state index in [1.165, 1.54) is 24.0 Å². The Labute approximate surface area is 187 Å². The molecule has 168 valence electrons. The van der Waals surface area contributed by atoms with Gasteiger partial charge >= 0.3 is 0 Å². The maximum absolute atomic E-state index is 10.7. The molecule has 2 aliphatic carbocycles. The first-order valence-corrected chi connectivity index (χ1v) is 11.4. The van der Waals surface area contributed by atoms with Gasteiger partial charge < -0.3 is 19.6 Å². The molecule has 2 fully saturated rings. The fourth-order valence-electron chi connectivity index (χ4n) is 4.50. The molecule has 2 saturated carbocycles. The number of rotatable bonds is 9. The van der Waals surface area contributed by atoms with E-state index >= 15 is 0 Å². The first kappa shape index (κ1) is 23.6. The molecule has 0 unspecified atom stereocenters. The molecule has 0 aliphatic heterocycles. The van der Waals surface area contributed by atoms with Crippen molar-refractivity contribution >= 4 is 6.29 Å². The zero-order chi connectivity index (χ0) is 22.2. The van der Waals surface area contributed by atoms with E-state index in [0.29, 0.717) is 18.1 Å². The van der Waals surface area contributed by atoms with Crippen LogP contribution in [0.4, 0.5) is 0 Å². The van der Waals surface area contributed by atoms with Crippen LogP contribution in [0.5, 0.6) is 0 Å². The van der Waals surface area contributed by atoms with Crippen molar-refractivity contribution in [2.75, 3.05) is 13.6 Å². The monoisotopic (exact) mass is 423 g/mol. The topological polar surface area (TPSA) is 47.6 Å². The van der Waals surface area contributed by atoms with Crippen LogP contribution >= 0.6 is 0 Å². The van der Waals surface area contributed by atoms with Crippen molar-refractivity contribution < 1.29 is 14.3 Å². The Morgan fingerprint density at radius 2 is 1.29 bits per heavy atom. The van der Waals surface area contributed by atoms with Gasteiger partial charge in [0.05, 0.1) is 25.4 Å². The average Bonchev–Trinajstić information content (AvgIpc) is 2.75. The van der Waals surface area contributed by atoms with Gasteiger partial charge in [-0.05, 0) is 49.3 Å². The average molecular weight is 424 g/mol. The van der Waals surface area contributed by atoms with Gasteiger partial charge in [0.25, 0.3) is 0 Å². The molecule has 1 N–H and O–H groups in total. The SMILES string of the molecule is CC1(C=O)CC(OCc2ccccc2)C1.CNCC1(C)CC(OCc2ccccc2)C1. The van der Waals surface area contributed by atoms with Crippen molar-refractivity contribution in [2.24, 2.45) is 10.8 Å². The van der Waals surface area contributed by atoms with Gasteiger partial charge in [-0.1, -0.05) is 74.5 Å². The van der Waals surface area contributed by atoms with Crippen molar-refractivity contribution in [2.45, 2.75) is 65.0 Å². The molecule has 4 rings (SSSR count). The molecule has 0 spiro atoms. The number of aldehydes is 1. The van der Waals surface area contributed by atoms with Gasteiger partial charge in [-0.2, -0.15) is 0 Å². The van der Waals surface area contributed by atoms with Crippen molar-refractivity contribution in [3.05, 3.63) is 71.8 Å². The highest BCUT2D eigenvalue weighted by Crippen LogP contribution is 2.42. The van der Waals surface area contributed by atoms with E-state index in [1.807, 2.05) is 38.2 Å². The third kappa shape index (κ3) is 7.27. The van der Waals surface area contributed by atoms with Crippen LogP contribution in [0.3, 0.4) is 0 Å². The minimum atomic E-state index is -0.124. The van der Waals surface area contributed by atoms with Crippen LogP contribution in [-0.2, 0) is 27.5 Å². The molecule has 2 aliphatic rings. The first-order valence-electron chi connectivity index (χ1n) is 11.4. The molecular formula is C27H37NO3. The molecule has 2 aromatic rings. The standard InChI is InChI=1S/C14H21NO.C13H16O2/c1-14(11-15-2)8-13(9-14)16-10-12-6-4-3-5-7-12;1-13(10-14)7-12(8-13)15-9-11-5-3-2-4-6-11/h3-7,13,15H,8-11H2,1-2H3;2-6,10,12H,7-9H2,1H3. The number of hydrogen-bond acceptors (Lipinski definition) is 4. The molecule has 0 saturated heterocycles. The highest BCUT2D eigenvalue weighted by Gasteiger charge is 2.41. The lowest BCUT2D eigenvalue weighted by Gasteiger charge is -2.45. The Morgan fingerprint density at radius 3 is 1.71 bits per heavy atom. The molecule has 0 radical (unpaired) electrons. The second-order valence-electron chi connectivity index (χ2n) is 9.77. The molecule has 31 heavy (non-hydrogen) atoms. The largest absolute Gasteiger partial charge is 0.374 e. The highest BCUT2D eigenvalue weighted by molar-refractivity contribution is 5.60. The van der Waals surface area contributed by atoms with Gasteiger partial charge in [0.2, 0.25) is 0 Å². The summed E-state index contributed by atoms with van der Waals surface area (Å²) in [6.07, 6.45) is 5.86. The molecule has 4 heteroatoms. The Bertz CT molecular complexity index is 781. The molecule has 2 aromatic carbocycles. The van der Waals surface area contributed by atoms with Gasteiger partial charge in [0.1, 0.15) is 6.29 Å². The van der Waals surface area contributed by atoms with Crippen LogP contribution in [0.2, 0.25) is 0 Å². The zero-order valence-electron chi connectivity index (χ0n) is 19.2. The molecule has 0 bridgehead atoms. The third-order valence-electron chi connectivity index (χ3n) is 6.37. The molecule has 0 heterocycles. The van der Waals surface area contributed by atoms with Gasteiger partial charge in [0, 0.05) is 12.0 Å². The summed E-state index contributed by atoms with van der Waals surface area (Å²) in [5, 5.41) is 3.25. The second-order valence-corrected chi connectivity index (χ2v) is 9.77. The van der Waals surface area contributed by atoms with Crippen LogP contribution in [0, 0.1) is 10.8 Å². The quantitative estimate of drug-likeness (QED) is 0.566. The fraction of sp³-hybridized carbons (Fsp3) is 0.519. The Hall–Kier alpha value is -2.01. The molecule has 4 nitrogen and oxygen atoms in total. The minimum Gasteiger partial charge on any atom is -0.374 e. The van der Waals surface area contributed by atoms with Gasteiger partial charge in [-0.15, -0.1) is 0 Å².